The molecule has 0 atom stereocenters. The fourth-order valence-corrected chi connectivity index (χ4v) is 5.79. The highest BCUT2D eigenvalue weighted by atomic mass is 35.5. The standard InChI is InChI=1S/C35H29ClN4O3/c1-23-31(34(41)40(29-11-5-6-12-29)35(42)32(23)20-37)19-26-21-39(28-9-3-2-4-10-28)38-33(26)25-8-7-13-30(18-25)43-22-24-14-16-27(36)17-15-24/h2-4,7-10,13-19,21,29H,5-6,11-12,22H2,1H3/b31-19+. The van der Waals surface area contributed by atoms with Gasteiger partial charge in [-0.3, -0.25) is 14.5 Å². The number of benzene rings is 3. The predicted octanol–water partition coefficient (Wildman–Crippen LogP) is 7.31. The van der Waals surface area contributed by atoms with Crippen LogP contribution in [0.5, 0.6) is 5.75 Å². The zero-order chi connectivity index (χ0) is 29.9. The topological polar surface area (TPSA) is 88.2 Å². The van der Waals surface area contributed by atoms with Crippen LogP contribution in [-0.2, 0) is 16.2 Å². The summed E-state index contributed by atoms with van der Waals surface area (Å²) in [6, 6.07) is 26.7. The smallest absolute Gasteiger partial charge is 0.271 e. The molecule has 1 aliphatic heterocycles. The van der Waals surface area contributed by atoms with E-state index in [1.807, 2.05) is 85.1 Å². The second kappa shape index (κ2) is 12.1. The summed E-state index contributed by atoms with van der Waals surface area (Å²) in [7, 11) is 0. The van der Waals surface area contributed by atoms with Crippen LogP contribution in [0.15, 0.2) is 102 Å². The summed E-state index contributed by atoms with van der Waals surface area (Å²) < 4.78 is 7.85. The number of nitrogens with zero attached hydrogens (tertiary/aromatic N) is 4. The third-order valence-electron chi connectivity index (χ3n) is 7.95. The third-order valence-corrected chi connectivity index (χ3v) is 8.20. The van der Waals surface area contributed by atoms with Crippen molar-refractivity contribution < 1.29 is 14.3 Å². The molecule has 0 radical (unpaired) electrons. The zero-order valence-electron chi connectivity index (χ0n) is 23.7. The molecule has 2 amide bonds. The van der Waals surface area contributed by atoms with Crippen molar-refractivity contribution in [2.75, 3.05) is 0 Å². The molecule has 8 heteroatoms. The van der Waals surface area contributed by atoms with E-state index in [1.165, 1.54) is 4.90 Å². The second-order valence-corrected chi connectivity index (χ2v) is 11.2. The first-order valence-electron chi connectivity index (χ1n) is 14.3. The Morgan fingerprint density at radius 3 is 2.47 bits per heavy atom. The maximum absolute atomic E-state index is 13.9. The first kappa shape index (κ1) is 28.2. The van der Waals surface area contributed by atoms with Gasteiger partial charge < -0.3 is 4.74 Å². The maximum atomic E-state index is 13.9. The number of ether oxygens (including phenoxy) is 1. The van der Waals surface area contributed by atoms with Crippen LogP contribution in [0.1, 0.15) is 43.7 Å². The molecule has 0 N–H and O–H groups in total. The lowest BCUT2D eigenvalue weighted by molar-refractivity contribution is -0.143. The van der Waals surface area contributed by atoms with Gasteiger partial charge >= 0.3 is 0 Å². The Kier molecular flexibility index (Phi) is 7.95. The Balaban J connectivity index is 1.42. The van der Waals surface area contributed by atoms with E-state index in [0.717, 1.165) is 42.5 Å². The molecule has 2 heterocycles. The monoisotopic (exact) mass is 588 g/mol. The van der Waals surface area contributed by atoms with Gasteiger partial charge in [0, 0.05) is 34.0 Å². The average Bonchev–Trinajstić information content (AvgIpc) is 3.71. The molecule has 6 rings (SSSR count). The quantitative estimate of drug-likeness (QED) is 0.167. The summed E-state index contributed by atoms with van der Waals surface area (Å²) in [6.45, 7) is 2.04. The molecule has 2 aliphatic rings. The average molecular weight is 589 g/mol. The lowest BCUT2D eigenvalue weighted by Crippen LogP contribution is -2.47. The number of rotatable bonds is 7. The maximum Gasteiger partial charge on any atom is 0.271 e. The lowest BCUT2D eigenvalue weighted by Gasteiger charge is -2.32. The molecule has 1 fully saturated rings. The van der Waals surface area contributed by atoms with Crippen molar-refractivity contribution in [1.82, 2.24) is 14.7 Å². The third kappa shape index (κ3) is 5.75. The Hall–Kier alpha value is -4.93. The molecule has 0 bridgehead atoms. The van der Waals surface area contributed by atoms with Gasteiger partial charge in [-0.15, -0.1) is 0 Å². The SMILES string of the molecule is CC1=C(C#N)C(=O)N(C2CCCC2)C(=O)/C1=C/c1cn(-c2ccccc2)nc1-c1cccc(OCc2ccc(Cl)cc2)c1. The fourth-order valence-electron chi connectivity index (χ4n) is 5.66. The van der Waals surface area contributed by atoms with Gasteiger partial charge in [-0.25, -0.2) is 4.68 Å². The highest BCUT2D eigenvalue weighted by Crippen LogP contribution is 2.35. The lowest BCUT2D eigenvalue weighted by atomic mass is 9.92. The molecule has 1 aliphatic carbocycles. The van der Waals surface area contributed by atoms with E-state index in [-0.39, 0.29) is 17.5 Å². The van der Waals surface area contributed by atoms with Gasteiger partial charge in [0.15, 0.2) is 0 Å². The molecule has 3 aromatic carbocycles. The van der Waals surface area contributed by atoms with E-state index < -0.39 is 5.91 Å². The van der Waals surface area contributed by atoms with Crippen LogP contribution in [0, 0.1) is 11.3 Å². The van der Waals surface area contributed by atoms with Crippen molar-refractivity contribution in [2.24, 2.45) is 0 Å². The van der Waals surface area contributed by atoms with Crippen molar-refractivity contribution >= 4 is 29.5 Å². The molecule has 0 saturated heterocycles. The molecule has 0 spiro atoms. The van der Waals surface area contributed by atoms with Crippen LogP contribution < -0.4 is 4.74 Å². The predicted molar refractivity (Wildman–Crippen MR) is 165 cm³/mol. The van der Waals surface area contributed by atoms with E-state index in [0.29, 0.717) is 39.8 Å². The molecule has 1 saturated carbocycles. The normalized spacial score (nSPS) is 16.7. The summed E-state index contributed by atoms with van der Waals surface area (Å²) in [5, 5.41) is 15.5. The Morgan fingerprint density at radius 2 is 1.74 bits per heavy atom. The fraction of sp³-hybridized carbons (Fsp3) is 0.200. The van der Waals surface area contributed by atoms with Crippen molar-refractivity contribution in [3.63, 3.8) is 0 Å². The number of imide groups is 1. The van der Waals surface area contributed by atoms with Crippen LogP contribution in [0.2, 0.25) is 5.02 Å². The largest absolute Gasteiger partial charge is 0.489 e. The Labute approximate surface area is 255 Å². The van der Waals surface area contributed by atoms with Crippen molar-refractivity contribution in [3.8, 4) is 28.8 Å². The number of aromatic nitrogens is 2. The number of amides is 2. The first-order chi connectivity index (χ1) is 20.9. The number of nitriles is 1. The van der Waals surface area contributed by atoms with Gasteiger partial charge in [-0.05, 0) is 73.4 Å². The van der Waals surface area contributed by atoms with Crippen molar-refractivity contribution in [1.29, 1.82) is 5.26 Å². The van der Waals surface area contributed by atoms with Gasteiger partial charge in [-0.2, -0.15) is 10.4 Å². The minimum atomic E-state index is -0.500. The summed E-state index contributed by atoms with van der Waals surface area (Å²) >= 11 is 6.02. The molecule has 214 valence electrons. The molecule has 7 nitrogen and oxygen atoms in total. The van der Waals surface area contributed by atoms with Gasteiger partial charge in [-0.1, -0.05) is 66.9 Å². The van der Waals surface area contributed by atoms with E-state index in [1.54, 1.807) is 17.7 Å². The molecule has 43 heavy (non-hydrogen) atoms. The van der Waals surface area contributed by atoms with E-state index >= 15 is 0 Å². The van der Waals surface area contributed by atoms with Crippen LogP contribution in [0.3, 0.4) is 0 Å². The number of carbonyl (C=O) groups is 2. The Morgan fingerprint density at radius 1 is 1.00 bits per heavy atom. The van der Waals surface area contributed by atoms with Crippen LogP contribution >= 0.6 is 11.6 Å². The summed E-state index contributed by atoms with van der Waals surface area (Å²) in [5.74, 6) is -0.207. The van der Waals surface area contributed by atoms with E-state index in [9.17, 15) is 14.9 Å². The number of hydrogen-bond acceptors (Lipinski definition) is 5. The number of hydrogen-bond donors (Lipinski definition) is 0. The number of halogens is 1. The van der Waals surface area contributed by atoms with Crippen molar-refractivity contribution in [3.05, 3.63) is 118 Å². The molecule has 4 aromatic rings. The van der Waals surface area contributed by atoms with Gasteiger partial charge in [0.05, 0.1) is 5.69 Å². The Bertz CT molecular complexity index is 1790. The minimum Gasteiger partial charge on any atom is -0.489 e. The number of carbonyl (C=O) groups excluding carboxylic acids is 2. The highest BCUT2D eigenvalue weighted by molar-refractivity contribution is 6.30. The highest BCUT2D eigenvalue weighted by Gasteiger charge is 2.40. The molecular formula is C35H29ClN4O3. The molecule has 0 unspecified atom stereocenters. The van der Waals surface area contributed by atoms with Gasteiger partial charge in [0.1, 0.15) is 29.7 Å². The molecular weight excluding hydrogens is 560 g/mol. The van der Waals surface area contributed by atoms with E-state index in [2.05, 4.69) is 6.07 Å². The van der Waals surface area contributed by atoms with E-state index in [4.69, 9.17) is 21.4 Å². The molecule has 1 aromatic heterocycles. The van der Waals surface area contributed by atoms with Crippen LogP contribution in [0.4, 0.5) is 0 Å². The van der Waals surface area contributed by atoms with Gasteiger partial charge in [0.2, 0.25) is 0 Å². The minimum absolute atomic E-state index is 0.00680. The number of para-hydroxylation sites is 1. The first-order valence-corrected chi connectivity index (χ1v) is 14.6. The summed E-state index contributed by atoms with van der Waals surface area (Å²) in [6.07, 6.45) is 7.03. The zero-order valence-corrected chi connectivity index (χ0v) is 24.4. The van der Waals surface area contributed by atoms with Crippen LogP contribution in [-0.4, -0.2) is 32.5 Å². The van der Waals surface area contributed by atoms with Gasteiger partial charge in [0.25, 0.3) is 11.8 Å². The summed E-state index contributed by atoms with van der Waals surface area (Å²) in [4.78, 5) is 28.4. The second-order valence-electron chi connectivity index (χ2n) is 10.7. The summed E-state index contributed by atoms with van der Waals surface area (Å²) in [5.41, 5.74) is 4.66. The van der Waals surface area contributed by atoms with Crippen LogP contribution in [0.25, 0.3) is 23.0 Å². The van der Waals surface area contributed by atoms with Crippen molar-refractivity contribution in [2.45, 2.75) is 45.3 Å².